The molecule has 1 atom stereocenters. The molecule has 1 aromatic rings. The van der Waals surface area contributed by atoms with Gasteiger partial charge >= 0.3 is 0 Å². The lowest BCUT2D eigenvalue weighted by molar-refractivity contribution is 0.208. The molecule has 3 heteroatoms. The van der Waals surface area contributed by atoms with Crippen LogP contribution >= 0.6 is 11.6 Å². The van der Waals surface area contributed by atoms with Crippen LogP contribution in [-0.4, -0.2) is 31.1 Å². The molecular formula is C15H23ClN2. The number of likely N-dealkylation sites (tertiary alicyclic amines) is 1. The normalized spacial score (nSPS) is 19.8. The molecule has 1 aromatic carbocycles. The first kappa shape index (κ1) is 13.7. The van der Waals surface area contributed by atoms with Gasteiger partial charge in [0.05, 0.1) is 0 Å². The molecule has 0 aromatic heterocycles. The summed E-state index contributed by atoms with van der Waals surface area (Å²) in [6.07, 6.45) is 2.58. The van der Waals surface area contributed by atoms with E-state index >= 15 is 0 Å². The summed E-state index contributed by atoms with van der Waals surface area (Å²) < 4.78 is 0. The van der Waals surface area contributed by atoms with Crippen LogP contribution < -0.4 is 5.32 Å². The Morgan fingerprint density at radius 1 is 1.33 bits per heavy atom. The SMILES string of the molecule is Cc1cc(Cl)ccc1NC(C)C1CCN(C)CC1. The topological polar surface area (TPSA) is 15.3 Å². The Morgan fingerprint density at radius 3 is 2.61 bits per heavy atom. The van der Waals surface area contributed by atoms with Crippen molar-refractivity contribution in [1.82, 2.24) is 4.90 Å². The van der Waals surface area contributed by atoms with E-state index < -0.39 is 0 Å². The zero-order valence-electron chi connectivity index (χ0n) is 11.5. The van der Waals surface area contributed by atoms with E-state index in [1.165, 1.54) is 37.2 Å². The summed E-state index contributed by atoms with van der Waals surface area (Å²) in [5.41, 5.74) is 2.44. The molecule has 2 nitrogen and oxygen atoms in total. The summed E-state index contributed by atoms with van der Waals surface area (Å²) in [4.78, 5) is 2.41. The van der Waals surface area contributed by atoms with E-state index in [-0.39, 0.29) is 0 Å². The van der Waals surface area contributed by atoms with Crippen molar-refractivity contribution in [2.24, 2.45) is 5.92 Å². The van der Waals surface area contributed by atoms with Gasteiger partial charge in [0, 0.05) is 16.8 Å². The van der Waals surface area contributed by atoms with Gasteiger partial charge in [-0.2, -0.15) is 0 Å². The quantitative estimate of drug-likeness (QED) is 0.896. The van der Waals surface area contributed by atoms with Crippen molar-refractivity contribution in [3.05, 3.63) is 28.8 Å². The molecule has 0 saturated carbocycles. The number of halogens is 1. The Kier molecular flexibility index (Phi) is 4.52. The van der Waals surface area contributed by atoms with Gasteiger partial charge in [0.1, 0.15) is 0 Å². The van der Waals surface area contributed by atoms with Gasteiger partial charge in [-0.15, -0.1) is 0 Å². The summed E-state index contributed by atoms with van der Waals surface area (Å²) in [6.45, 7) is 6.84. The van der Waals surface area contributed by atoms with E-state index in [9.17, 15) is 0 Å². The average Bonchev–Trinajstić information content (AvgIpc) is 2.33. The largest absolute Gasteiger partial charge is 0.382 e. The van der Waals surface area contributed by atoms with Crippen LogP contribution in [0.3, 0.4) is 0 Å². The number of aryl methyl sites for hydroxylation is 1. The zero-order chi connectivity index (χ0) is 13.1. The van der Waals surface area contributed by atoms with Crippen LogP contribution in [0.4, 0.5) is 5.69 Å². The highest BCUT2D eigenvalue weighted by atomic mass is 35.5. The molecule has 1 aliphatic heterocycles. The fourth-order valence-electron chi connectivity index (χ4n) is 2.68. The summed E-state index contributed by atoms with van der Waals surface area (Å²) in [5, 5.41) is 4.45. The molecule has 0 amide bonds. The third-order valence-corrected chi connectivity index (χ3v) is 4.28. The molecule has 1 N–H and O–H groups in total. The van der Waals surface area contributed by atoms with Gasteiger partial charge in [0.25, 0.3) is 0 Å². The Bertz CT molecular complexity index is 397. The van der Waals surface area contributed by atoms with Gasteiger partial charge in [0.15, 0.2) is 0 Å². The van der Waals surface area contributed by atoms with Crippen LogP contribution in [0.15, 0.2) is 18.2 Å². The number of benzene rings is 1. The predicted octanol–water partition coefficient (Wildman–Crippen LogP) is 3.79. The Hall–Kier alpha value is -0.730. The third-order valence-electron chi connectivity index (χ3n) is 4.04. The minimum Gasteiger partial charge on any atom is -0.382 e. The lowest BCUT2D eigenvalue weighted by Crippen LogP contribution is -2.37. The Balaban J connectivity index is 1.96. The fourth-order valence-corrected chi connectivity index (χ4v) is 2.91. The van der Waals surface area contributed by atoms with E-state index in [1.807, 2.05) is 12.1 Å². The summed E-state index contributed by atoms with van der Waals surface area (Å²) in [6, 6.07) is 6.59. The first-order chi connectivity index (χ1) is 8.56. The molecule has 18 heavy (non-hydrogen) atoms. The van der Waals surface area contributed by atoms with Gasteiger partial charge < -0.3 is 10.2 Å². The van der Waals surface area contributed by atoms with Crippen molar-refractivity contribution in [3.63, 3.8) is 0 Å². The lowest BCUT2D eigenvalue weighted by Gasteiger charge is -2.33. The maximum atomic E-state index is 5.98. The van der Waals surface area contributed by atoms with Gasteiger partial charge in [-0.25, -0.2) is 0 Å². The van der Waals surface area contributed by atoms with E-state index in [1.54, 1.807) is 0 Å². The van der Waals surface area contributed by atoms with Crippen LogP contribution in [0.5, 0.6) is 0 Å². The van der Waals surface area contributed by atoms with E-state index in [0.29, 0.717) is 6.04 Å². The van der Waals surface area contributed by atoms with E-state index in [2.05, 4.69) is 37.2 Å². The van der Waals surface area contributed by atoms with Crippen molar-refractivity contribution in [3.8, 4) is 0 Å². The molecule has 2 rings (SSSR count). The predicted molar refractivity (Wildman–Crippen MR) is 79.5 cm³/mol. The second kappa shape index (κ2) is 5.94. The van der Waals surface area contributed by atoms with Crippen molar-refractivity contribution >= 4 is 17.3 Å². The minimum absolute atomic E-state index is 0.526. The highest BCUT2D eigenvalue weighted by Crippen LogP contribution is 2.25. The third kappa shape index (κ3) is 3.39. The summed E-state index contributed by atoms with van der Waals surface area (Å²) in [5.74, 6) is 0.774. The number of hydrogen-bond acceptors (Lipinski definition) is 2. The molecule has 0 aliphatic carbocycles. The average molecular weight is 267 g/mol. The maximum absolute atomic E-state index is 5.98. The van der Waals surface area contributed by atoms with Crippen LogP contribution in [0, 0.1) is 12.8 Å². The first-order valence-corrected chi connectivity index (χ1v) is 7.15. The highest BCUT2D eigenvalue weighted by Gasteiger charge is 2.22. The molecule has 1 saturated heterocycles. The second-order valence-corrected chi connectivity index (χ2v) is 5.97. The van der Waals surface area contributed by atoms with Crippen molar-refractivity contribution in [2.75, 3.05) is 25.5 Å². The molecule has 1 fully saturated rings. The van der Waals surface area contributed by atoms with Crippen LogP contribution in [0.2, 0.25) is 5.02 Å². The monoisotopic (exact) mass is 266 g/mol. The number of hydrogen-bond donors (Lipinski definition) is 1. The smallest absolute Gasteiger partial charge is 0.0410 e. The number of rotatable bonds is 3. The molecular weight excluding hydrogens is 244 g/mol. The van der Waals surface area contributed by atoms with Crippen molar-refractivity contribution < 1.29 is 0 Å². The van der Waals surface area contributed by atoms with E-state index in [0.717, 1.165) is 10.9 Å². The van der Waals surface area contributed by atoms with Crippen LogP contribution in [-0.2, 0) is 0 Å². The zero-order valence-corrected chi connectivity index (χ0v) is 12.3. The van der Waals surface area contributed by atoms with E-state index in [4.69, 9.17) is 11.6 Å². The fraction of sp³-hybridized carbons (Fsp3) is 0.600. The molecule has 0 bridgehead atoms. The maximum Gasteiger partial charge on any atom is 0.0410 e. The Labute approximate surface area is 115 Å². The van der Waals surface area contributed by atoms with Crippen LogP contribution in [0.25, 0.3) is 0 Å². The number of nitrogens with zero attached hydrogens (tertiary/aromatic N) is 1. The molecule has 1 unspecified atom stereocenters. The summed E-state index contributed by atoms with van der Waals surface area (Å²) >= 11 is 5.98. The molecule has 0 radical (unpaired) electrons. The molecule has 0 spiro atoms. The lowest BCUT2D eigenvalue weighted by atomic mass is 9.90. The van der Waals surface area contributed by atoms with Gasteiger partial charge in [-0.3, -0.25) is 0 Å². The second-order valence-electron chi connectivity index (χ2n) is 5.53. The van der Waals surface area contributed by atoms with Gasteiger partial charge in [0.2, 0.25) is 0 Å². The molecule has 100 valence electrons. The highest BCUT2D eigenvalue weighted by molar-refractivity contribution is 6.30. The van der Waals surface area contributed by atoms with Gasteiger partial charge in [-0.05, 0) is 76.5 Å². The first-order valence-electron chi connectivity index (χ1n) is 6.77. The molecule has 1 heterocycles. The van der Waals surface area contributed by atoms with Crippen LogP contribution in [0.1, 0.15) is 25.3 Å². The standard InChI is InChI=1S/C15H23ClN2/c1-11-10-14(16)4-5-15(11)17-12(2)13-6-8-18(3)9-7-13/h4-5,10,12-13,17H,6-9H2,1-3H3. The number of nitrogens with one attached hydrogen (secondary N) is 1. The van der Waals surface area contributed by atoms with Crippen molar-refractivity contribution in [1.29, 1.82) is 0 Å². The van der Waals surface area contributed by atoms with Crippen molar-refractivity contribution in [2.45, 2.75) is 32.7 Å². The number of anilines is 1. The minimum atomic E-state index is 0.526. The number of piperidine rings is 1. The molecule has 1 aliphatic rings. The summed E-state index contributed by atoms with van der Waals surface area (Å²) in [7, 11) is 2.21. The van der Waals surface area contributed by atoms with Gasteiger partial charge in [-0.1, -0.05) is 11.6 Å². The Morgan fingerprint density at radius 2 is 2.00 bits per heavy atom.